The van der Waals surface area contributed by atoms with Gasteiger partial charge in [-0.15, -0.1) is 0 Å². The molecular weight excluding hydrogens is 222 g/mol. The van der Waals surface area contributed by atoms with Gasteiger partial charge in [0.1, 0.15) is 0 Å². The quantitative estimate of drug-likeness (QED) is 0.783. The molecule has 2 fully saturated rings. The molecule has 3 nitrogen and oxygen atoms in total. The smallest absolute Gasteiger partial charge is 0.0243 e. The van der Waals surface area contributed by atoms with E-state index in [4.69, 9.17) is 0 Å². The first-order valence-corrected chi connectivity index (χ1v) is 7.95. The van der Waals surface area contributed by atoms with Crippen molar-refractivity contribution in [2.45, 2.75) is 58.0 Å². The minimum atomic E-state index is 0.740. The van der Waals surface area contributed by atoms with Crippen LogP contribution in [0.25, 0.3) is 0 Å². The van der Waals surface area contributed by atoms with Gasteiger partial charge < -0.3 is 10.6 Å². The molecule has 0 amide bonds. The normalized spacial score (nSPS) is 28.5. The van der Waals surface area contributed by atoms with E-state index in [1.54, 1.807) is 0 Å². The summed E-state index contributed by atoms with van der Waals surface area (Å²) in [7, 11) is 0. The maximum Gasteiger partial charge on any atom is 0.0243 e. The van der Waals surface area contributed by atoms with Crippen molar-refractivity contribution in [3.63, 3.8) is 0 Å². The van der Waals surface area contributed by atoms with Crippen molar-refractivity contribution in [2.24, 2.45) is 5.92 Å². The van der Waals surface area contributed by atoms with E-state index < -0.39 is 0 Å². The molecular formula is C15H31N3. The van der Waals surface area contributed by atoms with Crippen LogP contribution < -0.4 is 10.6 Å². The van der Waals surface area contributed by atoms with Gasteiger partial charge in [-0.25, -0.2) is 0 Å². The van der Waals surface area contributed by atoms with Crippen molar-refractivity contribution in [1.29, 1.82) is 0 Å². The van der Waals surface area contributed by atoms with Crippen molar-refractivity contribution in [3.05, 3.63) is 0 Å². The summed E-state index contributed by atoms with van der Waals surface area (Å²) in [6.45, 7) is 11.0. The summed E-state index contributed by atoms with van der Waals surface area (Å²) in [4.78, 5) is 2.70. The third-order valence-electron chi connectivity index (χ3n) is 4.57. The minimum Gasteiger partial charge on any atom is -0.317 e. The van der Waals surface area contributed by atoms with E-state index in [0.29, 0.717) is 0 Å². The van der Waals surface area contributed by atoms with Crippen molar-refractivity contribution >= 4 is 0 Å². The van der Waals surface area contributed by atoms with Gasteiger partial charge in [0.2, 0.25) is 0 Å². The van der Waals surface area contributed by atoms with Crippen LogP contribution in [-0.4, -0.2) is 49.7 Å². The number of nitrogens with zero attached hydrogens (tertiary/aromatic N) is 1. The van der Waals surface area contributed by atoms with Gasteiger partial charge in [0, 0.05) is 18.6 Å². The van der Waals surface area contributed by atoms with Crippen molar-refractivity contribution in [1.82, 2.24) is 15.5 Å². The number of hydrogen-bond acceptors (Lipinski definition) is 3. The van der Waals surface area contributed by atoms with Crippen LogP contribution in [0, 0.1) is 5.92 Å². The SMILES string of the molecule is CC(C)C(CNC1CCCNCC1)N1CCCC1. The topological polar surface area (TPSA) is 27.3 Å². The maximum atomic E-state index is 3.84. The molecule has 2 saturated heterocycles. The zero-order chi connectivity index (χ0) is 12.8. The molecule has 18 heavy (non-hydrogen) atoms. The first-order chi connectivity index (χ1) is 8.77. The molecule has 2 unspecified atom stereocenters. The van der Waals surface area contributed by atoms with Crippen LogP contribution >= 0.6 is 0 Å². The zero-order valence-corrected chi connectivity index (χ0v) is 12.3. The first-order valence-electron chi connectivity index (χ1n) is 7.95. The molecule has 3 heteroatoms. The molecule has 0 aromatic rings. The van der Waals surface area contributed by atoms with E-state index in [2.05, 4.69) is 29.4 Å². The Morgan fingerprint density at radius 1 is 1.11 bits per heavy atom. The molecule has 106 valence electrons. The molecule has 2 atom stereocenters. The molecule has 2 heterocycles. The monoisotopic (exact) mass is 253 g/mol. The third kappa shape index (κ3) is 4.22. The largest absolute Gasteiger partial charge is 0.317 e. The molecule has 0 aromatic heterocycles. The lowest BCUT2D eigenvalue weighted by molar-refractivity contribution is 0.180. The molecule has 0 spiro atoms. The molecule has 2 aliphatic rings. The lowest BCUT2D eigenvalue weighted by atomic mass is 10.0. The van der Waals surface area contributed by atoms with Gasteiger partial charge >= 0.3 is 0 Å². The lowest BCUT2D eigenvalue weighted by Gasteiger charge is -2.32. The Morgan fingerprint density at radius 2 is 1.89 bits per heavy atom. The zero-order valence-electron chi connectivity index (χ0n) is 12.3. The summed E-state index contributed by atoms with van der Waals surface area (Å²) in [5, 5.41) is 7.33. The fourth-order valence-electron chi connectivity index (χ4n) is 3.37. The second-order valence-electron chi connectivity index (χ2n) is 6.34. The standard InChI is InChI=1S/C15H31N3/c1-13(2)15(18-10-3-4-11-18)12-17-14-6-5-8-16-9-7-14/h13-17H,3-12H2,1-2H3. The predicted octanol–water partition coefficient (Wildman–Crippen LogP) is 1.84. The van der Waals surface area contributed by atoms with Crippen LogP contribution in [0.15, 0.2) is 0 Å². The second kappa shape index (κ2) is 7.46. The Kier molecular flexibility index (Phi) is 5.93. The van der Waals surface area contributed by atoms with Gasteiger partial charge in [-0.05, 0) is 64.2 Å². The molecule has 0 bridgehead atoms. The summed E-state index contributed by atoms with van der Waals surface area (Å²) in [5.74, 6) is 0.763. The molecule has 2 aliphatic heterocycles. The second-order valence-corrected chi connectivity index (χ2v) is 6.34. The van der Waals surface area contributed by atoms with E-state index in [1.165, 1.54) is 64.8 Å². The fraction of sp³-hybridized carbons (Fsp3) is 1.00. The minimum absolute atomic E-state index is 0.740. The highest BCUT2D eigenvalue weighted by Gasteiger charge is 2.25. The summed E-state index contributed by atoms with van der Waals surface area (Å²) >= 11 is 0. The van der Waals surface area contributed by atoms with Crippen LogP contribution in [0.4, 0.5) is 0 Å². The highest BCUT2D eigenvalue weighted by molar-refractivity contribution is 4.83. The van der Waals surface area contributed by atoms with E-state index in [1.807, 2.05) is 0 Å². The number of likely N-dealkylation sites (tertiary alicyclic amines) is 1. The number of hydrogen-bond donors (Lipinski definition) is 2. The average Bonchev–Trinajstić information content (AvgIpc) is 2.73. The predicted molar refractivity (Wildman–Crippen MR) is 77.9 cm³/mol. The van der Waals surface area contributed by atoms with Crippen molar-refractivity contribution in [3.8, 4) is 0 Å². The Balaban J connectivity index is 1.77. The van der Waals surface area contributed by atoms with Gasteiger partial charge in [-0.1, -0.05) is 13.8 Å². The Hall–Kier alpha value is -0.120. The summed E-state index contributed by atoms with van der Waals surface area (Å²) < 4.78 is 0. The Labute approximate surface area is 113 Å². The van der Waals surface area contributed by atoms with Gasteiger partial charge in [0.05, 0.1) is 0 Å². The van der Waals surface area contributed by atoms with Gasteiger partial charge in [0.15, 0.2) is 0 Å². The van der Waals surface area contributed by atoms with E-state index in [9.17, 15) is 0 Å². The molecule has 0 radical (unpaired) electrons. The molecule has 0 aromatic carbocycles. The number of rotatable bonds is 5. The van der Waals surface area contributed by atoms with Crippen molar-refractivity contribution < 1.29 is 0 Å². The molecule has 0 aliphatic carbocycles. The Morgan fingerprint density at radius 3 is 2.61 bits per heavy atom. The highest BCUT2D eigenvalue weighted by Crippen LogP contribution is 2.17. The van der Waals surface area contributed by atoms with E-state index in [-0.39, 0.29) is 0 Å². The van der Waals surface area contributed by atoms with E-state index >= 15 is 0 Å². The first kappa shape index (κ1) is 14.3. The highest BCUT2D eigenvalue weighted by atomic mass is 15.2. The summed E-state index contributed by atoms with van der Waals surface area (Å²) in [6.07, 6.45) is 6.77. The number of nitrogens with one attached hydrogen (secondary N) is 2. The summed E-state index contributed by atoms with van der Waals surface area (Å²) in [5.41, 5.74) is 0. The molecule has 2 rings (SSSR count). The summed E-state index contributed by atoms with van der Waals surface area (Å²) in [6, 6.07) is 1.48. The van der Waals surface area contributed by atoms with E-state index in [0.717, 1.165) is 18.0 Å². The van der Waals surface area contributed by atoms with Crippen LogP contribution in [0.1, 0.15) is 46.0 Å². The Bertz CT molecular complexity index is 216. The molecule has 2 N–H and O–H groups in total. The van der Waals surface area contributed by atoms with Crippen molar-refractivity contribution in [2.75, 3.05) is 32.7 Å². The maximum absolute atomic E-state index is 3.84. The van der Waals surface area contributed by atoms with Crippen LogP contribution in [-0.2, 0) is 0 Å². The van der Waals surface area contributed by atoms with Crippen LogP contribution in [0.3, 0.4) is 0 Å². The lowest BCUT2D eigenvalue weighted by Crippen LogP contribution is -2.46. The van der Waals surface area contributed by atoms with Gasteiger partial charge in [0.25, 0.3) is 0 Å². The molecule has 0 saturated carbocycles. The van der Waals surface area contributed by atoms with Gasteiger partial charge in [-0.3, -0.25) is 4.90 Å². The van der Waals surface area contributed by atoms with Gasteiger partial charge in [-0.2, -0.15) is 0 Å². The third-order valence-corrected chi connectivity index (χ3v) is 4.57. The van der Waals surface area contributed by atoms with Crippen LogP contribution in [0.2, 0.25) is 0 Å². The fourth-order valence-corrected chi connectivity index (χ4v) is 3.37. The average molecular weight is 253 g/mol. The van der Waals surface area contributed by atoms with Crippen LogP contribution in [0.5, 0.6) is 0 Å².